The predicted octanol–water partition coefficient (Wildman–Crippen LogP) is 11.9. The van der Waals surface area contributed by atoms with Crippen LogP contribution in [0.3, 0.4) is 0 Å². The van der Waals surface area contributed by atoms with Gasteiger partial charge in [-0.1, -0.05) is 13.8 Å². The van der Waals surface area contributed by atoms with Crippen LogP contribution in [0.15, 0.2) is 72.8 Å². The Bertz CT molecular complexity index is 3040. The van der Waals surface area contributed by atoms with Crippen molar-refractivity contribution in [2.24, 2.45) is 5.92 Å². The number of nitriles is 1. The highest BCUT2D eigenvalue weighted by atomic mass is 32.1. The van der Waals surface area contributed by atoms with Gasteiger partial charge in [0, 0.05) is 23.5 Å². The number of piperidine rings is 1. The lowest BCUT2D eigenvalue weighted by Gasteiger charge is -2.39. The van der Waals surface area contributed by atoms with Gasteiger partial charge in [-0.25, -0.2) is 4.79 Å². The van der Waals surface area contributed by atoms with Crippen LogP contribution in [0.2, 0.25) is 0 Å². The Morgan fingerprint density at radius 2 is 1.25 bits per heavy atom. The highest BCUT2D eigenvalue weighted by molar-refractivity contribution is 7.81. The van der Waals surface area contributed by atoms with E-state index >= 15 is 13.2 Å². The molecular weight excluding hydrogens is 1020 g/mol. The van der Waals surface area contributed by atoms with Crippen molar-refractivity contribution in [1.82, 2.24) is 4.90 Å². The van der Waals surface area contributed by atoms with Gasteiger partial charge in [0.1, 0.15) is 28.2 Å². The summed E-state index contributed by atoms with van der Waals surface area (Å²) in [5, 5.41) is 19.4. The van der Waals surface area contributed by atoms with E-state index in [1.165, 1.54) is 34.1 Å². The van der Waals surface area contributed by atoms with Crippen LogP contribution in [0.25, 0.3) is 0 Å². The fraction of sp³-hybridized carbons (Fsp3) is 0.426. The average molecular weight is 1080 g/mol. The van der Waals surface area contributed by atoms with E-state index in [1.54, 1.807) is 78.8 Å². The maximum atomic E-state index is 15.2. The number of carbonyl (C=O) groups is 4. The Kier molecular flexibility index (Phi) is 15.2. The second-order valence-electron chi connectivity index (χ2n) is 20.6. The lowest BCUT2D eigenvalue weighted by atomic mass is 9.84. The number of Topliss-reactive ketones (excluding diaryl/α,β-unsaturated/α-hetero) is 1. The molecule has 7 rings (SSSR count). The van der Waals surface area contributed by atoms with Crippen LogP contribution >= 0.6 is 24.4 Å². The summed E-state index contributed by atoms with van der Waals surface area (Å²) in [5.41, 5.74) is -5.82. The number of amides is 3. The van der Waals surface area contributed by atoms with Gasteiger partial charge in [-0.15, -0.1) is 0 Å². The summed E-state index contributed by atoms with van der Waals surface area (Å²) in [6.45, 7) is 15.0. The zero-order valence-electron chi connectivity index (χ0n) is 42.7. The zero-order valence-corrected chi connectivity index (χ0v) is 44.3. The van der Waals surface area contributed by atoms with E-state index in [0.29, 0.717) is 60.0 Å². The zero-order chi connectivity index (χ0) is 55.5. The van der Waals surface area contributed by atoms with E-state index < -0.39 is 81.0 Å². The molecule has 0 aromatic heterocycles. The molecule has 4 aromatic carbocycles. The first-order valence-electron chi connectivity index (χ1n) is 24.2. The summed E-state index contributed by atoms with van der Waals surface area (Å²) in [7, 11) is 0. The second-order valence-corrected chi connectivity index (χ2v) is 21.3. The third kappa shape index (κ3) is 10.7. The largest absolute Gasteiger partial charge is 0.508 e. The van der Waals surface area contributed by atoms with Crippen molar-refractivity contribution < 1.29 is 60.1 Å². The van der Waals surface area contributed by atoms with Crippen LogP contribution < -0.4 is 24.3 Å². The van der Waals surface area contributed by atoms with Gasteiger partial charge >= 0.3 is 18.4 Å². The number of hydrogen-bond donors (Lipinski definition) is 1. The van der Waals surface area contributed by atoms with Gasteiger partial charge in [0.05, 0.1) is 46.8 Å². The first-order chi connectivity index (χ1) is 34.9. The summed E-state index contributed by atoms with van der Waals surface area (Å²) in [4.78, 5) is 62.4. The van der Waals surface area contributed by atoms with Crippen LogP contribution in [0.1, 0.15) is 120 Å². The van der Waals surface area contributed by atoms with Gasteiger partial charge in [-0.05, 0) is 195 Å². The van der Waals surface area contributed by atoms with Crippen LogP contribution in [0.4, 0.5) is 53.9 Å². The van der Waals surface area contributed by atoms with E-state index in [4.69, 9.17) is 33.9 Å². The highest BCUT2D eigenvalue weighted by Crippen LogP contribution is 2.44. The van der Waals surface area contributed by atoms with Crippen molar-refractivity contribution in [3.63, 3.8) is 0 Å². The van der Waals surface area contributed by atoms with Crippen molar-refractivity contribution in [2.45, 2.75) is 129 Å². The summed E-state index contributed by atoms with van der Waals surface area (Å²) >= 11 is 11.5. The minimum atomic E-state index is -5.10. The molecule has 1 N–H and O–H groups in total. The minimum absolute atomic E-state index is 0.0238. The SMILES string of the molecule is CCc1cc(N2C(=S)N(c3ccc(C(=O)C4CC(CCOc5ccc(N6C(=S)N(c7ccc(C#N)c(C(F)(F)F)c7)C(=O)C6(C)C)cc5CC)CCN4C(=O)OC(C)(C)C)c(C(F)(F)F)c3)C(=O)C2(C)C)ccc1O. The Balaban J connectivity index is 1.12. The quantitative estimate of drug-likeness (QED) is 0.0818. The molecule has 2 unspecified atom stereocenters. The molecule has 13 nitrogen and oxygen atoms in total. The van der Waals surface area contributed by atoms with E-state index in [9.17, 15) is 42.7 Å². The lowest BCUT2D eigenvalue weighted by Crippen LogP contribution is -2.52. The van der Waals surface area contributed by atoms with Gasteiger partial charge in [0.2, 0.25) is 0 Å². The number of likely N-dealkylation sites (tertiary alicyclic amines) is 1. The molecule has 2 atom stereocenters. The molecule has 0 saturated carbocycles. The third-order valence-electron chi connectivity index (χ3n) is 13.7. The number of carbonyl (C=O) groups excluding carboxylic acids is 4. The molecule has 3 saturated heterocycles. The molecule has 0 spiro atoms. The number of benzene rings is 4. The minimum Gasteiger partial charge on any atom is -0.508 e. The number of ether oxygens (including phenoxy) is 2. The Morgan fingerprint density at radius 1 is 0.747 bits per heavy atom. The fourth-order valence-corrected chi connectivity index (χ4v) is 10.8. The number of aryl methyl sites for hydroxylation is 2. The summed E-state index contributed by atoms with van der Waals surface area (Å²) in [5.74, 6) is -2.04. The van der Waals surface area contributed by atoms with E-state index in [2.05, 4.69) is 0 Å². The topological polar surface area (TPSA) is 147 Å². The number of halogens is 6. The number of alkyl halides is 6. The molecule has 3 aliphatic rings. The summed E-state index contributed by atoms with van der Waals surface area (Å²) in [6.07, 6.45) is -9.33. The van der Waals surface area contributed by atoms with Crippen molar-refractivity contribution in [1.29, 1.82) is 5.26 Å². The molecule has 75 heavy (non-hydrogen) atoms. The van der Waals surface area contributed by atoms with Crippen molar-refractivity contribution in [3.05, 3.63) is 106 Å². The number of rotatable bonds is 12. The Labute approximate surface area is 441 Å². The Morgan fingerprint density at radius 3 is 1.77 bits per heavy atom. The molecule has 4 aromatic rings. The van der Waals surface area contributed by atoms with Gasteiger partial charge in [0.15, 0.2) is 16.0 Å². The number of aromatic hydroxyl groups is 1. The maximum absolute atomic E-state index is 15.2. The first kappa shape index (κ1) is 55.9. The number of hydrogen-bond acceptors (Lipinski definition) is 10. The fourth-order valence-electron chi connectivity index (χ4n) is 9.76. The number of phenols is 1. The monoisotopic (exact) mass is 1080 g/mol. The normalized spacial score (nSPS) is 19.0. The van der Waals surface area contributed by atoms with E-state index in [1.807, 2.05) is 13.8 Å². The molecule has 0 bridgehead atoms. The summed E-state index contributed by atoms with van der Waals surface area (Å²) in [6, 6.07) is 15.7. The van der Waals surface area contributed by atoms with Crippen molar-refractivity contribution >= 4 is 81.1 Å². The molecule has 3 fully saturated rings. The van der Waals surface area contributed by atoms with Crippen LogP contribution in [-0.2, 0) is 39.5 Å². The van der Waals surface area contributed by atoms with E-state index in [0.717, 1.165) is 32.9 Å². The molecule has 0 radical (unpaired) electrons. The number of phenolic OH excluding ortho intramolecular Hbond substituents is 1. The summed E-state index contributed by atoms with van der Waals surface area (Å²) < 4.78 is 99.4. The predicted molar refractivity (Wildman–Crippen MR) is 278 cm³/mol. The number of thiocarbonyl (C=S) groups is 2. The second kappa shape index (κ2) is 20.4. The lowest BCUT2D eigenvalue weighted by molar-refractivity contribution is -0.138. The van der Waals surface area contributed by atoms with Crippen molar-refractivity contribution in [3.8, 4) is 17.6 Å². The number of anilines is 4. The van der Waals surface area contributed by atoms with Crippen LogP contribution in [-0.4, -0.2) is 79.8 Å². The van der Waals surface area contributed by atoms with Crippen LogP contribution in [0.5, 0.6) is 11.5 Å². The van der Waals surface area contributed by atoms with Gasteiger partial charge in [-0.2, -0.15) is 31.6 Å². The maximum Gasteiger partial charge on any atom is 0.417 e. The number of ketones is 1. The highest BCUT2D eigenvalue weighted by Gasteiger charge is 2.53. The molecule has 3 amide bonds. The van der Waals surface area contributed by atoms with Gasteiger partial charge in [-0.3, -0.25) is 29.1 Å². The van der Waals surface area contributed by atoms with E-state index in [-0.39, 0.29) is 52.8 Å². The molecule has 3 aliphatic heterocycles. The smallest absolute Gasteiger partial charge is 0.417 e. The molecular formula is C54H56F6N6O7S2. The molecule has 21 heteroatoms. The standard InChI is InChI=1S/C54H56F6N6O7S2/c1-10-31-25-36(15-18-42(31)67)65-48(75)64(46(70)51(65,6)7)35-14-17-38(40(28-35)54(58,59)60)44(68)41-24-30(20-22-62(41)49(71)73-50(3,4)5)21-23-72-43-19-16-37(26-32(43)11-2)66-47(74)63(45(69)52(66,8)9)34-13-12-33(29-61)39(27-34)53(55,56)57/h12-19,25-28,30,41,67H,10-11,20-24H2,1-9H3. The first-order valence-corrected chi connectivity index (χ1v) is 25.0. The Hall–Kier alpha value is -6.79. The molecule has 398 valence electrons. The third-order valence-corrected chi connectivity index (χ3v) is 14.4. The van der Waals surface area contributed by atoms with Gasteiger partial charge in [0.25, 0.3) is 11.8 Å². The van der Waals surface area contributed by atoms with Gasteiger partial charge < -0.3 is 24.4 Å². The molecule has 3 heterocycles. The molecule has 0 aliphatic carbocycles. The van der Waals surface area contributed by atoms with Crippen LogP contribution in [0, 0.1) is 17.2 Å². The van der Waals surface area contributed by atoms with Crippen molar-refractivity contribution in [2.75, 3.05) is 32.8 Å². The average Bonchev–Trinajstić information content (AvgIpc) is 3.63. The number of nitrogens with zero attached hydrogens (tertiary/aromatic N) is 6.